The monoisotopic (exact) mass is 313 g/mol. The maximum atomic E-state index is 12.9. The quantitative estimate of drug-likeness (QED) is 0.876. The fourth-order valence-electron chi connectivity index (χ4n) is 3.01. The van der Waals surface area contributed by atoms with Crippen LogP contribution in [0.3, 0.4) is 0 Å². The molecule has 0 aliphatic carbocycles. The summed E-state index contributed by atoms with van der Waals surface area (Å²) in [5.41, 5.74) is 1.03. The summed E-state index contributed by atoms with van der Waals surface area (Å²) in [7, 11) is -1.49. The number of piperidine rings is 1. The zero-order valence-corrected chi connectivity index (χ0v) is 14.1. The Kier molecular flexibility index (Phi) is 5.46. The van der Waals surface area contributed by atoms with Crippen LogP contribution in [0.4, 0.5) is 0 Å². The molecule has 1 aromatic rings. The smallest absolute Gasteiger partial charge is 0.244 e. The molecule has 5 nitrogen and oxygen atoms in total. The van der Waals surface area contributed by atoms with Crippen LogP contribution in [0, 0.1) is 0 Å². The molecule has 1 saturated heterocycles. The molecule has 1 fully saturated rings. The first-order chi connectivity index (χ1) is 10.0. The molecule has 6 heteroatoms. The van der Waals surface area contributed by atoms with E-state index in [-0.39, 0.29) is 6.04 Å². The number of nitrogens with one attached hydrogen (secondary N) is 1. The molecule has 2 rings (SSSR count). The number of hydrogen-bond donors (Lipinski definition) is 1. The highest BCUT2D eigenvalue weighted by molar-refractivity contribution is 7.89. The summed E-state index contributed by atoms with van der Waals surface area (Å²) in [4.78, 5) is 0.440. The van der Waals surface area contributed by atoms with Gasteiger partial charge in [0.2, 0.25) is 10.0 Å². The maximum Gasteiger partial charge on any atom is 0.244 e. The highest BCUT2D eigenvalue weighted by Gasteiger charge is 2.32. The summed E-state index contributed by atoms with van der Waals surface area (Å²) in [5.74, 6) is 0. The number of rotatable bonds is 6. The van der Waals surface area contributed by atoms with Gasteiger partial charge in [0.25, 0.3) is 0 Å². The van der Waals surface area contributed by atoms with Crippen molar-refractivity contribution in [2.24, 2.45) is 0 Å². The number of aromatic nitrogens is 1. The lowest BCUT2D eigenvalue weighted by Crippen LogP contribution is -2.41. The van der Waals surface area contributed by atoms with Gasteiger partial charge in [0.05, 0.1) is 0 Å². The molecule has 2 heterocycles. The van der Waals surface area contributed by atoms with Crippen LogP contribution < -0.4 is 5.32 Å². The molecule has 1 atom stereocenters. The number of sulfonamides is 1. The van der Waals surface area contributed by atoms with Crippen LogP contribution in [0.15, 0.2) is 17.2 Å². The Bertz CT molecular complexity index is 542. The van der Waals surface area contributed by atoms with Crippen LogP contribution in [-0.4, -0.2) is 36.9 Å². The molecule has 120 valence electrons. The van der Waals surface area contributed by atoms with Crippen LogP contribution in [0.1, 0.15) is 45.2 Å². The molecular weight excluding hydrogens is 286 g/mol. The van der Waals surface area contributed by atoms with Crippen LogP contribution in [0.2, 0.25) is 0 Å². The fourth-order valence-corrected chi connectivity index (χ4v) is 4.77. The van der Waals surface area contributed by atoms with Crippen molar-refractivity contribution in [1.29, 1.82) is 0 Å². The number of hydrogen-bond acceptors (Lipinski definition) is 3. The Labute approximate surface area is 128 Å². The van der Waals surface area contributed by atoms with E-state index < -0.39 is 10.0 Å². The van der Waals surface area contributed by atoms with Crippen molar-refractivity contribution >= 4 is 10.0 Å². The van der Waals surface area contributed by atoms with Gasteiger partial charge in [-0.05, 0) is 39.3 Å². The first kappa shape index (κ1) is 16.5. The second-order valence-electron chi connectivity index (χ2n) is 5.85. The molecule has 0 aromatic carbocycles. The Morgan fingerprint density at radius 2 is 2.14 bits per heavy atom. The topological polar surface area (TPSA) is 54.3 Å². The van der Waals surface area contributed by atoms with Crippen LogP contribution in [0.5, 0.6) is 0 Å². The van der Waals surface area contributed by atoms with E-state index in [1.54, 1.807) is 10.5 Å². The molecule has 1 N–H and O–H groups in total. The Balaban J connectivity index is 2.32. The minimum absolute atomic E-state index is 0.103. The zero-order chi connectivity index (χ0) is 15.5. The average molecular weight is 313 g/mol. The third-order valence-corrected chi connectivity index (χ3v) is 6.11. The molecule has 0 spiro atoms. The molecular formula is C15H27N3O2S. The normalized spacial score (nSPS) is 20.8. The highest BCUT2D eigenvalue weighted by atomic mass is 32.2. The summed E-state index contributed by atoms with van der Waals surface area (Å²) in [5, 5.41) is 3.11. The Morgan fingerprint density at radius 1 is 1.38 bits per heavy atom. The van der Waals surface area contributed by atoms with Gasteiger partial charge >= 0.3 is 0 Å². The van der Waals surface area contributed by atoms with Gasteiger partial charge in [-0.1, -0.05) is 13.3 Å². The van der Waals surface area contributed by atoms with E-state index in [0.29, 0.717) is 18.0 Å². The van der Waals surface area contributed by atoms with Crippen molar-refractivity contribution in [2.45, 2.75) is 63.6 Å². The predicted octanol–water partition coefficient (Wildman–Crippen LogP) is 2.18. The second-order valence-corrected chi connectivity index (χ2v) is 7.74. The van der Waals surface area contributed by atoms with E-state index in [4.69, 9.17) is 0 Å². The van der Waals surface area contributed by atoms with Crippen LogP contribution in [-0.2, 0) is 23.1 Å². The molecule has 1 aromatic heterocycles. The predicted molar refractivity (Wildman–Crippen MR) is 84.7 cm³/mol. The van der Waals surface area contributed by atoms with E-state index in [1.165, 1.54) is 0 Å². The van der Waals surface area contributed by atoms with Crippen LogP contribution >= 0.6 is 0 Å². The number of nitrogens with zero attached hydrogens (tertiary/aromatic N) is 2. The lowest BCUT2D eigenvalue weighted by atomic mass is 10.1. The third-order valence-electron chi connectivity index (χ3n) is 4.13. The lowest BCUT2D eigenvalue weighted by Gasteiger charge is -2.31. The summed E-state index contributed by atoms with van der Waals surface area (Å²) in [6.45, 7) is 6.29. The Hall–Kier alpha value is -0.850. The van der Waals surface area contributed by atoms with Gasteiger partial charge in [-0.15, -0.1) is 0 Å². The van der Waals surface area contributed by atoms with E-state index >= 15 is 0 Å². The lowest BCUT2D eigenvalue weighted by molar-refractivity contribution is 0.268. The minimum Gasteiger partial charge on any atom is -0.349 e. The van der Waals surface area contributed by atoms with Gasteiger partial charge in [-0.2, -0.15) is 4.31 Å². The fraction of sp³-hybridized carbons (Fsp3) is 0.733. The summed E-state index contributed by atoms with van der Waals surface area (Å²) < 4.78 is 29.5. The van der Waals surface area contributed by atoms with Crippen molar-refractivity contribution in [2.75, 3.05) is 13.6 Å². The second kappa shape index (κ2) is 6.94. The largest absolute Gasteiger partial charge is 0.349 e. The highest BCUT2D eigenvalue weighted by Crippen LogP contribution is 2.26. The van der Waals surface area contributed by atoms with Crippen LogP contribution in [0.25, 0.3) is 0 Å². The molecule has 0 bridgehead atoms. The van der Waals surface area contributed by atoms with Crippen molar-refractivity contribution in [3.05, 3.63) is 18.0 Å². The van der Waals surface area contributed by atoms with E-state index in [9.17, 15) is 8.42 Å². The summed E-state index contributed by atoms with van der Waals surface area (Å²) in [6.07, 6.45) is 5.83. The minimum atomic E-state index is -3.36. The SMILES string of the molecule is CCCn1cc(S(=O)(=O)N2CCCCC2C)cc1CNC. The van der Waals surface area contributed by atoms with Gasteiger partial charge < -0.3 is 9.88 Å². The number of aryl methyl sites for hydroxylation is 1. The first-order valence-corrected chi connectivity index (χ1v) is 9.30. The Morgan fingerprint density at radius 3 is 2.76 bits per heavy atom. The molecule has 0 amide bonds. The molecule has 21 heavy (non-hydrogen) atoms. The van der Waals surface area contributed by atoms with E-state index in [1.807, 2.05) is 20.0 Å². The first-order valence-electron chi connectivity index (χ1n) is 7.86. The van der Waals surface area contributed by atoms with Crippen molar-refractivity contribution < 1.29 is 8.42 Å². The summed E-state index contributed by atoms with van der Waals surface area (Å²) in [6, 6.07) is 1.93. The summed E-state index contributed by atoms with van der Waals surface area (Å²) >= 11 is 0. The maximum absolute atomic E-state index is 12.9. The average Bonchev–Trinajstić information content (AvgIpc) is 2.84. The standard InChI is InChI=1S/C15H27N3O2S/c1-4-8-17-12-15(10-14(17)11-16-3)21(19,20)18-9-6-5-7-13(18)2/h10,12-13,16H,4-9,11H2,1-3H3. The van der Waals surface area contributed by atoms with Gasteiger partial charge in [0, 0.05) is 37.6 Å². The molecule has 1 aliphatic rings. The van der Waals surface area contributed by atoms with Crippen molar-refractivity contribution in [3.8, 4) is 0 Å². The third kappa shape index (κ3) is 3.49. The van der Waals surface area contributed by atoms with Gasteiger partial charge in [0.1, 0.15) is 4.90 Å². The molecule has 0 saturated carbocycles. The van der Waals surface area contributed by atoms with Gasteiger partial charge in [0.15, 0.2) is 0 Å². The van der Waals surface area contributed by atoms with E-state index in [0.717, 1.165) is 37.9 Å². The molecule has 0 radical (unpaired) electrons. The van der Waals surface area contributed by atoms with Crippen molar-refractivity contribution in [1.82, 2.24) is 14.2 Å². The van der Waals surface area contributed by atoms with Crippen molar-refractivity contribution in [3.63, 3.8) is 0 Å². The zero-order valence-electron chi connectivity index (χ0n) is 13.3. The molecule has 1 unspecified atom stereocenters. The van der Waals surface area contributed by atoms with Gasteiger partial charge in [-0.25, -0.2) is 8.42 Å². The van der Waals surface area contributed by atoms with Gasteiger partial charge in [-0.3, -0.25) is 0 Å². The molecule has 1 aliphatic heterocycles. The van der Waals surface area contributed by atoms with E-state index in [2.05, 4.69) is 16.8 Å².